The van der Waals surface area contributed by atoms with E-state index < -0.39 is 179 Å². The quantitative estimate of drug-likeness (QED) is 0.0414. The molecule has 0 aliphatic carbocycles. The first-order valence-corrected chi connectivity index (χ1v) is 43.1. The molecular formula is C85H142N18O17. The van der Waals surface area contributed by atoms with Gasteiger partial charge in [0.1, 0.15) is 90.0 Å². The summed E-state index contributed by atoms with van der Waals surface area (Å²) >= 11 is 0. The van der Waals surface area contributed by atoms with Crippen molar-refractivity contribution in [2.45, 2.75) is 303 Å². The van der Waals surface area contributed by atoms with Crippen molar-refractivity contribution < 1.29 is 82.4 Å². The molecule has 0 unspecified atom stereocenters. The zero-order chi connectivity index (χ0) is 89.6. The van der Waals surface area contributed by atoms with Gasteiger partial charge in [0.25, 0.3) is 0 Å². The number of benzene rings is 2. The van der Waals surface area contributed by atoms with E-state index in [0.717, 1.165) is 0 Å². The van der Waals surface area contributed by atoms with E-state index in [1.54, 1.807) is 65.8 Å². The average Bonchev–Trinajstić information content (AvgIpc) is 1.67. The molecule has 35 heteroatoms. The number of phenolic OH excluding ortho intramolecular Hbond substituents is 2. The molecule has 2 aliphatic rings. The number of carbonyl (C=O) groups excluding carboxylic acids is 13. The Morgan fingerprint density at radius 3 is 0.942 bits per heavy atom. The van der Waals surface area contributed by atoms with Crippen molar-refractivity contribution in [2.75, 3.05) is 39.3 Å². The third-order valence-corrected chi connectivity index (χ3v) is 21.5. The largest absolute Gasteiger partial charge is 0.508 e. The third-order valence-electron chi connectivity index (χ3n) is 21.5. The van der Waals surface area contributed by atoms with Gasteiger partial charge in [-0.3, -0.25) is 62.3 Å². The van der Waals surface area contributed by atoms with Crippen LogP contribution in [0.4, 0.5) is 0 Å². The second-order valence-corrected chi connectivity index (χ2v) is 34.3. The van der Waals surface area contributed by atoms with Crippen molar-refractivity contribution in [3.05, 3.63) is 59.7 Å². The number of nitrogens with two attached hydrogens (primary N) is 5. The van der Waals surface area contributed by atoms with Gasteiger partial charge in [-0.2, -0.15) is 0 Å². The molecule has 2 aromatic carbocycles. The number of carboxylic acid groups (broad SMARTS) is 1. The molecule has 2 saturated heterocycles. The highest BCUT2D eigenvalue weighted by Gasteiger charge is 2.44. The molecule has 2 aliphatic heterocycles. The van der Waals surface area contributed by atoms with E-state index in [2.05, 4.69) is 58.5 Å². The number of nitrogens with one attached hydrogen (secondary N) is 11. The molecular weight excluding hydrogens is 1550 g/mol. The van der Waals surface area contributed by atoms with Crippen LogP contribution in [0.1, 0.15) is 216 Å². The molecule has 0 radical (unpaired) electrons. The van der Waals surface area contributed by atoms with Crippen LogP contribution >= 0.6 is 0 Å². The van der Waals surface area contributed by atoms with Gasteiger partial charge in [-0.25, -0.2) is 4.79 Å². The molecule has 0 aromatic heterocycles. The van der Waals surface area contributed by atoms with Gasteiger partial charge >= 0.3 is 5.97 Å². The molecule has 4 rings (SSSR count). The highest BCUT2D eigenvalue weighted by atomic mass is 16.4. The minimum Gasteiger partial charge on any atom is -0.508 e. The first kappa shape index (κ1) is 103. The SMILES string of the molecule is CC(C)C[C@H](NC(=O)[C@H](CCCCN)NC(=O)[C@@H](N)C(C)C)C(=O)N[C@H](CCCCN)C(=O)N[C@H](C(=O)N[C@H](Cc1ccc(O)cc1)C(=O)N1CCC[C@H]1C(=O)N[C@@H](CC(C)C)C(=O)N[C@@H](CCCCN)C(=O)N[C@H](C(=O)N[C@@H](CCCCN)C(=O)N[C@@H](CC(C)C)C(=O)N[C@H](Cc1ccc(O)cc1)C(=O)N1CCC[C@H]1C(=O)O)C(C)C)C(C)C. The lowest BCUT2D eigenvalue weighted by atomic mass is 9.98. The summed E-state index contributed by atoms with van der Waals surface area (Å²) < 4.78 is 0. The lowest BCUT2D eigenvalue weighted by Gasteiger charge is -2.32. The highest BCUT2D eigenvalue weighted by Crippen LogP contribution is 2.25. The predicted octanol–water partition coefficient (Wildman–Crippen LogP) is 1.23. The Morgan fingerprint density at radius 2 is 0.625 bits per heavy atom. The van der Waals surface area contributed by atoms with Crippen LogP contribution < -0.4 is 87.2 Å². The lowest BCUT2D eigenvalue weighted by Crippen LogP contribution is -2.62. The summed E-state index contributed by atoms with van der Waals surface area (Å²) in [7, 11) is 0. The minimum absolute atomic E-state index is 0.0231. The summed E-state index contributed by atoms with van der Waals surface area (Å²) in [6.45, 7) is 22.4. The number of amides is 13. The molecule has 674 valence electrons. The predicted molar refractivity (Wildman–Crippen MR) is 454 cm³/mol. The van der Waals surface area contributed by atoms with E-state index in [1.165, 1.54) is 34.1 Å². The first-order chi connectivity index (χ1) is 56.7. The minimum atomic E-state index is -1.40. The van der Waals surface area contributed by atoms with E-state index in [-0.39, 0.29) is 139 Å². The van der Waals surface area contributed by atoms with Crippen molar-refractivity contribution in [2.24, 2.45) is 64.2 Å². The van der Waals surface area contributed by atoms with Gasteiger partial charge in [0.2, 0.25) is 76.8 Å². The van der Waals surface area contributed by atoms with Crippen molar-refractivity contribution in [1.82, 2.24) is 68.3 Å². The van der Waals surface area contributed by atoms with Gasteiger partial charge in [0.15, 0.2) is 0 Å². The Kier molecular flexibility index (Phi) is 45.0. The fraction of sp³-hybridized carbons (Fsp3) is 0.694. The molecule has 120 heavy (non-hydrogen) atoms. The van der Waals surface area contributed by atoms with Crippen LogP contribution in [0, 0.1) is 35.5 Å². The summed E-state index contributed by atoms with van der Waals surface area (Å²) in [6.07, 6.45) is 4.82. The van der Waals surface area contributed by atoms with Gasteiger partial charge in [-0.05, 0) is 219 Å². The summed E-state index contributed by atoms with van der Waals surface area (Å²) in [5.74, 6) is -12.8. The van der Waals surface area contributed by atoms with Crippen LogP contribution in [0.3, 0.4) is 0 Å². The van der Waals surface area contributed by atoms with Gasteiger partial charge in [0.05, 0.1) is 6.04 Å². The number of hydrogen-bond donors (Lipinski definition) is 19. The fourth-order valence-electron chi connectivity index (χ4n) is 14.6. The number of hydrogen-bond acceptors (Lipinski definition) is 21. The van der Waals surface area contributed by atoms with Crippen LogP contribution in [0.25, 0.3) is 0 Å². The van der Waals surface area contributed by atoms with E-state index in [1.807, 2.05) is 41.5 Å². The summed E-state index contributed by atoms with van der Waals surface area (Å²) in [4.78, 5) is 204. The van der Waals surface area contributed by atoms with E-state index in [4.69, 9.17) is 28.7 Å². The second-order valence-electron chi connectivity index (χ2n) is 34.3. The molecule has 0 saturated carbocycles. The van der Waals surface area contributed by atoms with Crippen molar-refractivity contribution in [3.8, 4) is 11.5 Å². The summed E-state index contributed by atoms with van der Waals surface area (Å²) in [6, 6.07) is -5.45. The summed E-state index contributed by atoms with van der Waals surface area (Å²) in [5.41, 5.74) is 30.6. The number of nitrogens with zero attached hydrogens (tertiary/aromatic N) is 2. The Morgan fingerprint density at radius 1 is 0.350 bits per heavy atom. The number of aliphatic carboxylic acids is 1. The maximum absolute atomic E-state index is 15.3. The van der Waals surface area contributed by atoms with Crippen molar-refractivity contribution >= 4 is 82.8 Å². The van der Waals surface area contributed by atoms with E-state index in [9.17, 15) is 77.6 Å². The molecule has 0 spiro atoms. The molecule has 2 fully saturated rings. The maximum Gasteiger partial charge on any atom is 0.326 e. The molecule has 14 atom stereocenters. The third kappa shape index (κ3) is 34.5. The lowest BCUT2D eigenvalue weighted by molar-refractivity contribution is -0.149. The number of carbonyl (C=O) groups is 14. The standard InChI is InChI=1S/C85H142N18O17/c1-48(2)43-62(95-72(106)58(23-13-17-37-86)93-80(114)69(90)51(7)8)76(110)91-60(25-15-19-39-88)75(109)101-71(53(11)12)82(116)99-66(47-55-31-35-57(105)36-32-55)83(117)102-41-21-27-67(102)79(113)97-64(45-50(5)6)77(111)92-61(26-16-20-40-89)74(108)100-70(52(9)10)81(115)94-59(24-14-18-38-87)73(107)96-63(44-49(3)4)78(112)98-65(46-54-29-33-56(104)34-30-54)84(118)103-42-22-28-68(103)85(119)120/h29-36,48-53,58-71,104-105H,13-28,37-47,86-90H2,1-12H3,(H,91,110)(H,92,111)(H,93,114)(H,94,115)(H,95,106)(H,96,107)(H,97,113)(H,98,112)(H,99,116)(H,100,108)(H,101,109)(H,119,120)/t58-,59-,60+,61-,62-,63-,64-,65+,66+,67-,68-,69-,70-,71-/m0/s1. The van der Waals surface area contributed by atoms with Gasteiger partial charge in [-0.15, -0.1) is 0 Å². The smallest absolute Gasteiger partial charge is 0.326 e. The Labute approximate surface area is 707 Å². The fourth-order valence-corrected chi connectivity index (χ4v) is 14.6. The topological polar surface area (TPSA) is 569 Å². The number of phenols is 2. The molecule has 2 heterocycles. The van der Waals surface area contributed by atoms with Crippen molar-refractivity contribution in [3.63, 3.8) is 0 Å². The van der Waals surface area contributed by atoms with Crippen LogP contribution in [0.2, 0.25) is 0 Å². The monoisotopic (exact) mass is 1690 g/mol. The number of unbranched alkanes of at least 4 members (excludes halogenated alkanes) is 4. The first-order valence-electron chi connectivity index (χ1n) is 43.1. The van der Waals surface area contributed by atoms with Crippen molar-refractivity contribution in [1.29, 1.82) is 0 Å². The molecule has 24 N–H and O–H groups in total. The Balaban J connectivity index is 1.60. The van der Waals surface area contributed by atoms with Crippen LogP contribution in [-0.4, -0.2) is 232 Å². The van der Waals surface area contributed by atoms with Gasteiger partial charge in [0, 0.05) is 25.9 Å². The molecule has 13 amide bonds. The normalized spacial score (nSPS) is 17.1. The maximum atomic E-state index is 15.3. The Bertz CT molecular complexity index is 3640. The van der Waals surface area contributed by atoms with Crippen LogP contribution in [0.5, 0.6) is 11.5 Å². The number of aromatic hydroxyl groups is 2. The molecule has 0 bridgehead atoms. The van der Waals surface area contributed by atoms with Gasteiger partial charge < -0.3 is 112 Å². The van der Waals surface area contributed by atoms with E-state index >= 15 is 4.79 Å². The number of likely N-dealkylation sites (tertiary alicyclic amines) is 2. The average molecular weight is 1690 g/mol. The number of carboxylic acids is 1. The van der Waals surface area contributed by atoms with Crippen LogP contribution in [0.15, 0.2) is 48.5 Å². The van der Waals surface area contributed by atoms with E-state index in [0.29, 0.717) is 81.9 Å². The number of rotatable bonds is 54. The van der Waals surface area contributed by atoms with Gasteiger partial charge in [-0.1, -0.05) is 107 Å². The zero-order valence-corrected chi connectivity index (χ0v) is 72.6. The van der Waals surface area contributed by atoms with Crippen LogP contribution in [-0.2, 0) is 80.0 Å². The molecule has 35 nitrogen and oxygen atoms in total. The highest BCUT2D eigenvalue weighted by molar-refractivity contribution is 6.00. The summed E-state index contributed by atoms with van der Waals surface area (Å²) in [5, 5.41) is 61.1. The zero-order valence-electron chi connectivity index (χ0n) is 72.6. The Hall–Kier alpha value is -9.58. The second kappa shape index (κ2) is 52.6. The molecule has 2 aromatic rings.